The number of thioether (sulfide) groups is 1. The van der Waals surface area contributed by atoms with Crippen LogP contribution < -0.4 is 0 Å². The standard InChI is InChI=1S/C15H15N3S/c1-2-9-19-12-5-3-11(4-6-12)15-17-13-7-8-16-10-14(13)18-15/h3-8,10H,2,9H2,1H3,(H,17,18). The van der Waals surface area contributed by atoms with Crippen LogP contribution in [0.4, 0.5) is 0 Å². The fourth-order valence-electron chi connectivity index (χ4n) is 1.92. The van der Waals surface area contributed by atoms with Crippen LogP contribution in [0.1, 0.15) is 13.3 Å². The van der Waals surface area contributed by atoms with Gasteiger partial charge in [-0.3, -0.25) is 4.98 Å². The molecular formula is C15H15N3S. The predicted octanol–water partition coefficient (Wildman–Crippen LogP) is 4.13. The number of aromatic amines is 1. The second-order valence-corrected chi connectivity index (χ2v) is 5.52. The van der Waals surface area contributed by atoms with Crippen LogP contribution in [-0.4, -0.2) is 20.7 Å². The van der Waals surface area contributed by atoms with E-state index in [4.69, 9.17) is 0 Å². The fourth-order valence-corrected chi connectivity index (χ4v) is 2.69. The Balaban J connectivity index is 1.88. The third-order valence-electron chi connectivity index (χ3n) is 2.89. The number of nitrogens with zero attached hydrogens (tertiary/aromatic N) is 2. The van der Waals surface area contributed by atoms with Crippen LogP contribution in [0.3, 0.4) is 0 Å². The average Bonchev–Trinajstić information content (AvgIpc) is 2.89. The van der Waals surface area contributed by atoms with E-state index in [1.807, 2.05) is 17.8 Å². The van der Waals surface area contributed by atoms with Crippen molar-refractivity contribution in [3.8, 4) is 11.4 Å². The van der Waals surface area contributed by atoms with Crippen LogP contribution in [0.25, 0.3) is 22.4 Å². The quantitative estimate of drug-likeness (QED) is 0.724. The van der Waals surface area contributed by atoms with Gasteiger partial charge in [0.1, 0.15) is 11.3 Å². The summed E-state index contributed by atoms with van der Waals surface area (Å²) < 4.78 is 0. The minimum absolute atomic E-state index is 0.898. The van der Waals surface area contributed by atoms with Crippen molar-refractivity contribution in [1.29, 1.82) is 0 Å². The molecule has 0 aliphatic rings. The summed E-state index contributed by atoms with van der Waals surface area (Å²) in [5, 5.41) is 0. The monoisotopic (exact) mass is 269 g/mol. The maximum Gasteiger partial charge on any atom is 0.138 e. The van der Waals surface area contributed by atoms with Crippen LogP contribution in [0, 0.1) is 0 Å². The van der Waals surface area contributed by atoms with Gasteiger partial charge in [-0.05, 0) is 30.4 Å². The van der Waals surface area contributed by atoms with Crippen LogP contribution in [0.15, 0.2) is 47.6 Å². The number of H-pyrrole nitrogens is 1. The molecule has 4 heteroatoms. The zero-order valence-electron chi connectivity index (χ0n) is 10.8. The largest absolute Gasteiger partial charge is 0.338 e. The number of hydrogen-bond donors (Lipinski definition) is 1. The van der Waals surface area contributed by atoms with Crippen LogP contribution in [0.5, 0.6) is 0 Å². The number of imidazole rings is 1. The molecule has 0 fully saturated rings. The third-order valence-corrected chi connectivity index (χ3v) is 4.10. The average molecular weight is 269 g/mol. The molecular weight excluding hydrogens is 254 g/mol. The zero-order valence-corrected chi connectivity index (χ0v) is 11.6. The first-order valence-corrected chi connectivity index (χ1v) is 7.38. The van der Waals surface area contributed by atoms with E-state index in [2.05, 4.69) is 46.1 Å². The van der Waals surface area contributed by atoms with Gasteiger partial charge in [-0.25, -0.2) is 4.98 Å². The molecule has 0 bridgehead atoms. The fraction of sp³-hybridized carbons (Fsp3) is 0.200. The summed E-state index contributed by atoms with van der Waals surface area (Å²) in [4.78, 5) is 13.3. The van der Waals surface area contributed by atoms with E-state index in [1.165, 1.54) is 11.3 Å². The van der Waals surface area contributed by atoms with Crippen LogP contribution in [-0.2, 0) is 0 Å². The number of rotatable bonds is 4. The van der Waals surface area contributed by atoms with Gasteiger partial charge in [0.05, 0.1) is 11.7 Å². The minimum Gasteiger partial charge on any atom is -0.338 e. The second kappa shape index (κ2) is 5.45. The predicted molar refractivity (Wildman–Crippen MR) is 80.3 cm³/mol. The van der Waals surface area contributed by atoms with E-state index >= 15 is 0 Å². The van der Waals surface area contributed by atoms with Crippen molar-refractivity contribution >= 4 is 22.8 Å². The van der Waals surface area contributed by atoms with Crippen molar-refractivity contribution in [2.45, 2.75) is 18.2 Å². The molecule has 3 rings (SSSR count). The highest BCUT2D eigenvalue weighted by atomic mass is 32.2. The summed E-state index contributed by atoms with van der Waals surface area (Å²) in [6, 6.07) is 10.5. The molecule has 2 aromatic heterocycles. The Bertz CT molecular complexity index is 640. The molecule has 3 nitrogen and oxygen atoms in total. The Morgan fingerprint density at radius 1 is 1.16 bits per heavy atom. The minimum atomic E-state index is 0.898. The summed E-state index contributed by atoms with van der Waals surface area (Å²) in [5.41, 5.74) is 3.04. The molecule has 0 aliphatic heterocycles. The molecule has 1 aromatic carbocycles. The van der Waals surface area contributed by atoms with Gasteiger partial charge in [-0.1, -0.05) is 19.1 Å². The number of fused-ring (bicyclic) bond motifs is 1. The lowest BCUT2D eigenvalue weighted by molar-refractivity contribution is 1.10. The summed E-state index contributed by atoms with van der Waals surface area (Å²) in [6.07, 6.45) is 4.75. The van der Waals surface area contributed by atoms with Crippen molar-refractivity contribution in [2.24, 2.45) is 0 Å². The SMILES string of the molecule is CCCSc1ccc(-c2nc3cnccc3[nH]2)cc1. The van der Waals surface area contributed by atoms with Crippen molar-refractivity contribution < 1.29 is 0 Å². The van der Waals surface area contributed by atoms with Crippen molar-refractivity contribution in [3.05, 3.63) is 42.7 Å². The van der Waals surface area contributed by atoms with Gasteiger partial charge in [0.25, 0.3) is 0 Å². The lowest BCUT2D eigenvalue weighted by Gasteiger charge is -2.01. The van der Waals surface area contributed by atoms with Gasteiger partial charge >= 0.3 is 0 Å². The van der Waals surface area contributed by atoms with E-state index in [0.717, 1.165) is 28.2 Å². The third kappa shape index (κ3) is 2.63. The lowest BCUT2D eigenvalue weighted by atomic mass is 10.2. The Kier molecular flexibility index (Phi) is 3.51. The van der Waals surface area contributed by atoms with Crippen molar-refractivity contribution in [3.63, 3.8) is 0 Å². The topological polar surface area (TPSA) is 41.6 Å². The molecule has 0 unspecified atom stereocenters. The Morgan fingerprint density at radius 2 is 2.00 bits per heavy atom. The number of aromatic nitrogens is 3. The molecule has 96 valence electrons. The molecule has 0 radical (unpaired) electrons. The second-order valence-electron chi connectivity index (χ2n) is 4.35. The number of hydrogen-bond acceptors (Lipinski definition) is 3. The van der Waals surface area contributed by atoms with Gasteiger partial charge < -0.3 is 4.98 Å². The smallest absolute Gasteiger partial charge is 0.138 e. The Morgan fingerprint density at radius 3 is 2.74 bits per heavy atom. The molecule has 0 spiro atoms. The maximum atomic E-state index is 4.55. The summed E-state index contributed by atoms with van der Waals surface area (Å²) in [6.45, 7) is 2.20. The van der Waals surface area contributed by atoms with Crippen LogP contribution >= 0.6 is 11.8 Å². The number of nitrogens with one attached hydrogen (secondary N) is 1. The van der Waals surface area contributed by atoms with Gasteiger partial charge in [0.2, 0.25) is 0 Å². The van der Waals surface area contributed by atoms with E-state index in [9.17, 15) is 0 Å². The summed E-state index contributed by atoms with van der Waals surface area (Å²) in [7, 11) is 0. The van der Waals surface area contributed by atoms with Crippen molar-refractivity contribution in [1.82, 2.24) is 15.0 Å². The summed E-state index contributed by atoms with van der Waals surface area (Å²) in [5.74, 6) is 2.06. The first kappa shape index (κ1) is 12.2. The zero-order chi connectivity index (χ0) is 13.1. The normalized spacial score (nSPS) is 11.0. The van der Waals surface area contributed by atoms with E-state index < -0.39 is 0 Å². The Labute approximate surface area is 116 Å². The number of benzene rings is 1. The van der Waals surface area contributed by atoms with E-state index in [-0.39, 0.29) is 0 Å². The van der Waals surface area contributed by atoms with Gasteiger partial charge in [0, 0.05) is 16.7 Å². The summed E-state index contributed by atoms with van der Waals surface area (Å²) >= 11 is 1.89. The first-order valence-electron chi connectivity index (χ1n) is 6.40. The highest BCUT2D eigenvalue weighted by Crippen LogP contribution is 2.24. The molecule has 0 amide bonds. The van der Waals surface area contributed by atoms with E-state index in [1.54, 1.807) is 12.4 Å². The van der Waals surface area contributed by atoms with E-state index in [0.29, 0.717) is 0 Å². The molecule has 0 saturated carbocycles. The highest BCUT2D eigenvalue weighted by molar-refractivity contribution is 7.99. The molecule has 19 heavy (non-hydrogen) atoms. The molecule has 2 heterocycles. The first-order chi connectivity index (χ1) is 9.36. The van der Waals surface area contributed by atoms with Crippen LogP contribution in [0.2, 0.25) is 0 Å². The molecule has 0 saturated heterocycles. The van der Waals surface area contributed by atoms with Gasteiger partial charge in [0.15, 0.2) is 0 Å². The maximum absolute atomic E-state index is 4.55. The lowest BCUT2D eigenvalue weighted by Crippen LogP contribution is -1.81. The Hall–Kier alpha value is -1.81. The highest BCUT2D eigenvalue weighted by Gasteiger charge is 2.04. The van der Waals surface area contributed by atoms with Gasteiger partial charge in [-0.2, -0.15) is 0 Å². The van der Waals surface area contributed by atoms with Crippen molar-refractivity contribution in [2.75, 3.05) is 5.75 Å². The molecule has 1 N–H and O–H groups in total. The van der Waals surface area contributed by atoms with Gasteiger partial charge in [-0.15, -0.1) is 11.8 Å². The molecule has 0 atom stereocenters. The number of pyridine rings is 1. The molecule has 3 aromatic rings. The molecule has 0 aliphatic carbocycles.